The van der Waals surface area contributed by atoms with E-state index < -0.39 is 12.8 Å². The molecule has 0 aliphatic rings. The van der Waals surface area contributed by atoms with E-state index in [1.54, 1.807) is 12.3 Å². The molecule has 10 heteroatoms. The first-order chi connectivity index (χ1) is 11.4. The summed E-state index contributed by atoms with van der Waals surface area (Å²) >= 11 is 5.73. The highest BCUT2D eigenvalue weighted by Gasteiger charge is 2.27. The van der Waals surface area contributed by atoms with Crippen LogP contribution in [-0.4, -0.2) is 50.0 Å². The van der Waals surface area contributed by atoms with Gasteiger partial charge in [-0.2, -0.15) is 13.2 Å². The maximum Gasteiger partial charge on any atom is 0.411 e. The molecule has 0 radical (unpaired) electrons. The largest absolute Gasteiger partial charge is 0.411 e. The summed E-state index contributed by atoms with van der Waals surface area (Å²) in [5.41, 5.74) is 1.04. The second-order valence-electron chi connectivity index (χ2n) is 4.95. The monoisotopic (exact) mass is 494 g/mol. The molecule has 0 bridgehead atoms. The molecule has 1 aromatic heterocycles. The van der Waals surface area contributed by atoms with Crippen LogP contribution in [0.1, 0.15) is 18.9 Å². The van der Waals surface area contributed by atoms with Crippen molar-refractivity contribution in [2.45, 2.75) is 25.9 Å². The van der Waals surface area contributed by atoms with Crippen LogP contribution in [0.3, 0.4) is 0 Å². The Morgan fingerprint density at radius 3 is 2.68 bits per heavy atom. The molecule has 1 aromatic rings. The molecule has 0 atom stereocenters. The van der Waals surface area contributed by atoms with Crippen LogP contribution in [0.5, 0.6) is 0 Å². The summed E-state index contributed by atoms with van der Waals surface area (Å²) in [6.45, 7) is 2.48. The molecule has 0 saturated heterocycles. The zero-order valence-electron chi connectivity index (χ0n) is 13.9. The van der Waals surface area contributed by atoms with Gasteiger partial charge in [-0.25, -0.2) is 4.98 Å². The van der Waals surface area contributed by atoms with E-state index in [4.69, 9.17) is 11.6 Å². The number of alkyl halides is 3. The van der Waals surface area contributed by atoms with Gasteiger partial charge >= 0.3 is 6.18 Å². The van der Waals surface area contributed by atoms with Crippen molar-refractivity contribution in [3.8, 4) is 0 Å². The van der Waals surface area contributed by atoms with Crippen molar-refractivity contribution >= 4 is 41.5 Å². The van der Waals surface area contributed by atoms with Crippen molar-refractivity contribution in [3.05, 3.63) is 29.0 Å². The Morgan fingerprint density at radius 2 is 2.08 bits per heavy atom. The zero-order valence-corrected chi connectivity index (χ0v) is 17.0. The number of guanidine groups is 1. The highest BCUT2D eigenvalue weighted by molar-refractivity contribution is 14.0. The van der Waals surface area contributed by atoms with Crippen LogP contribution in [0.2, 0.25) is 5.15 Å². The van der Waals surface area contributed by atoms with Gasteiger partial charge in [0.15, 0.2) is 5.96 Å². The molecule has 2 N–H and O–H groups in total. The van der Waals surface area contributed by atoms with E-state index in [9.17, 15) is 13.2 Å². The second-order valence-corrected chi connectivity index (χ2v) is 5.34. The number of nitrogens with zero attached hydrogens (tertiary/aromatic N) is 2. The van der Waals surface area contributed by atoms with Gasteiger partial charge in [-0.15, -0.1) is 24.0 Å². The molecule has 0 spiro atoms. The lowest BCUT2D eigenvalue weighted by atomic mass is 10.2. The molecular formula is C15H23ClF3IN4O. The number of pyridine rings is 1. The van der Waals surface area contributed by atoms with Crippen LogP contribution in [0.25, 0.3) is 0 Å². The minimum Gasteiger partial charge on any atom is -0.372 e. The summed E-state index contributed by atoms with van der Waals surface area (Å²) in [4.78, 5) is 8.30. The van der Waals surface area contributed by atoms with E-state index >= 15 is 0 Å². The van der Waals surface area contributed by atoms with Gasteiger partial charge < -0.3 is 15.4 Å². The fraction of sp³-hybridized carbons (Fsp3) is 0.600. The van der Waals surface area contributed by atoms with Crippen molar-refractivity contribution in [1.82, 2.24) is 15.6 Å². The molecule has 5 nitrogen and oxygen atoms in total. The lowest BCUT2D eigenvalue weighted by Crippen LogP contribution is -2.38. The third-order valence-electron chi connectivity index (χ3n) is 2.82. The first kappa shape index (κ1) is 24.2. The van der Waals surface area contributed by atoms with Gasteiger partial charge in [-0.05, 0) is 31.4 Å². The average molecular weight is 495 g/mol. The number of aromatic nitrogens is 1. The Bertz CT molecular complexity index is 501. The van der Waals surface area contributed by atoms with E-state index in [0.717, 1.165) is 12.0 Å². The first-order valence-electron chi connectivity index (χ1n) is 7.68. The van der Waals surface area contributed by atoms with Crippen LogP contribution in [0.15, 0.2) is 23.3 Å². The number of nitrogens with one attached hydrogen (secondary N) is 2. The Kier molecular flexibility index (Phi) is 13.0. The maximum atomic E-state index is 11.9. The lowest BCUT2D eigenvalue weighted by Gasteiger charge is -2.11. The van der Waals surface area contributed by atoms with Gasteiger partial charge in [-0.1, -0.05) is 17.7 Å². The maximum absolute atomic E-state index is 11.9. The molecule has 0 aromatic carbocycles. The van der Waals surface area contributed by atoms with Gasteiger partial charge in [0.25, 0.3) is 0 Å². The fourth-order valence-electron chi connectivity index (χ4n) is 1.77. The number of aliphatic imine (C=N–C) groups is 1. The average Bonchev–Trinajstić information content (AvgIpc) is 2.51. The highest BCUT2D eigenvalue weighted by Crippen LogP contribution is 2.14. The topological polar surface area (TPSA) is 58.5 Å². The molecule has 0 aliphatic carbocycles. The van der Waals surface area contributed by atoms with E-state index in [1.165, 1.54) is 0 Å². The Morgan fingerprint density at radius 1 is 1.32 bits per heavy atom. The number of hydrogen-bond donors (Lipinski definition) is 2. The predicted octanol–water partition coefficient (Wildman–Crippen LogP) is 3.42. The Balaban J connectivity index is 0.00000576. The lowest BCUT2D eigenvalue weighted by molar-refractivity contribution is -0.173. The molecule has 0 saturated carbocycles. The van der Waals surface area contributed by atoms with Gasteiger partial charge in [0.2, 0.25) is 0 Å². The van der Waals surface area contributed by atoms with E-state index in [1.807, 2.05) is 13.0 Å². The van der Waals surface area contributed by atoms with Crippen LogP contribution in [0, 0.1) is 0 Å². The minimum atomic E-state index is -4.28. The van der Waals surface area contributed by atoms with Gasteiger partial charge in [0, 0.05) is 32.4 Å². The smallest absolute Gasteiger partial charge is 0.372 e. The Labute approximate surface area is 167 Å². The van der Waals surface area contributed by atoms with Crippen molar-refractivity contribution in [1.29, 1.82) is 0 Å². The summed E-state index contributed by atoms with van der Waals surface area (Å²) < 4.78 is 40.3. The van der Waals surface area contributed by atoms with Crippen LogP contribution >= 0.6 is 35.6 Å². The summed E-state index contributed by atoms with van der Waals surface area (Å²) in [6.07, 6.45) is -1.39. The molecule has 1 rings (SSSR count). The number of hydrogen-bond acceptors (Lipinski definition) is 3. The van der Waals surface area contributed by atoms with Crippen molar-refractivity contribution in [3.63, 3.8) is 0 Å². The third-order valence-corrected chi connectivity index (χ3v) is 3.04. The Hall–Kier alpha value is -0.810. The second kappa shape index (κ2) is 13.4. The number of rotatable bonds is 9. The van der Waals surface area contributed by atoms with Crippen molar-refractivity contribution < 1.29 is 17.9 Å². The van der Waals surface area contributed by atoms with Crippen LogP contribution in [0.4, 0.5) is 13.2 Å². The highest BCUT2D eigenvalue weighted by atomic mass is 127. The fourth-order valence-corrected chi connectivity index (χ4v) is 1.88. The standard InChI is InChI=1S/C15H22ClF3N4O.HI/c1-2-20-14(21-7-3-9-24-11-15(17,18)19)22-8-6-12-4-5-13(16)23-10-12;/h4-5,10H,2-3,6-9,11H2,1H3,(H2,20,21,22);1H. The summed E-state index contributed by atoms with van der Waals surface area (Å²) in [5.74, 6) is 0.621. The van der Waals surface area contributed by atoms with Crippen LogP contribution < -0.4 is 10.6 Å². The minimum absolute atomic E-state index is 0. The van der Waals surface area contributed by atoms with E-state index in [2.05, 4.69) is 25.3 Å². The van der Waals surface area contributed by atoms with Crippen molar-refractivity contribution in [2.24, 2.45) is 4.99 Å². The van der Waals surface area contributed by atoms with Gasteiger partial charge in [-0.3, -0.25) is 4.99 Å². The molecule has 144 valence electrons. The van der Waals surface area contributed by atoms with Gasteiger partial charge in [0.1, 0.15) is 11.8 Å². The molecule has 0 fully saturated rings. The molecule has 0 unspecified atom stereocenters. The molecule has 0 amide bonds. The van der Waals surface area contributed by atoms with Crippen molar-refractivity contribution in [2.75, 3.05) is 32.8 Å². The summed E-state index contributed by atoms with van der Waals surface area (Å²) in [5, 5.41) is 6.68. The van der Waals surface area contributed by atoms with E-state index in [0.29, 0.717) is 37.2 Å². The SMILES string of the molecule is CCNC(=NCCCOCC(F)(F)F)NCCc1ccc(Cl)nc1.I. The zero-order chi connectivity index (χ0) is 17.8. The molecular weight excluding hydrogens is 472 g/mol. The van der Waals surface area contributed by atoms with E-state index in [-0.39, 0.29) is 30.6 Å². The molecule has 0 aliphatic heterocycles. The molecule has 25 heavy (non-hydrogen) atoms. The molecule has 1 heterocycles. The first-order valence-corrected chi connectivity index (χ1v) is 8.05. The quantitative estimate of drug-likeness (QED) is 0.182. The number of halogens is 5. The van der Waals surface area contributed by atoms with Crippen LogP contribution in [-0.2, 0) is 11.2 Å². The third kappa shape index (κ3) is 13.1. The number of ether oxygens (including phenoxy) is 1. The summed E-state index contributed by atoms with van der Waals surface area (Å²) in [6, 6.07) is 3.64. The summed E-state index contributed by atoms with van der Waals surface area (Å²) in [7, 11) is 0. The normalized spacial score (nSPS) is 11.8. The van der Waals surface area contributed by atoms with Gasteiger partial charge in [0.05, 0.1) is 0 Å². The predicted molar refractivity (Wildman–Crippen MR) is 104 cm³/mol.